The fraction of sp³-hybridized carbons (Fsp3) is 0.280. The summed E-state index contributed by atoms with van der Waals surface area (Å²) in [5.41, 5.74) is 3.88. The van der Waals surface area contributed by atoms with E-state index in [9.17, 15) is 9.59 Å². The van der Waals surface area contributed by atoms with Crippen molar-refractivity contribution in [2.24, 2.45) is 0 Å². The smallest absolute Gasteiger partial charge is 0.253 e. The molecule has 1 fully saturated rings. The Morgan fingerprint density at radius 2 is 1.70 bits per heavy atom. The first-order valence-corrected chi connectivity index (χ1v) is 11.7. The molecule has 1 aliphatic heterocycles. The first kappa shape index (κ1) is 21.3. The Balaban J connectivity index is 1.33. The second-order valence-electron chi connectivity index (χ2n) is 8.39. The molecule has 0 N–H and O–H groups in total. The summed E-state index contributed by atoms with van der Waals surface area (Å²) < 4.78 is 6.08. The number of anilines is 1. The van der Waals surface area contributed by atoms with E-state index in [2.05, 4.69) is 15.1 Å². The summed E-state index contributed by atoms with van der Waals surface area (Å²) in [7, 11) is 0. The minimum absolute atomic E-state index is 0.000859. The normalized spacial score (nSPS) is 14.2. The van der Waals surface area contributed by atoms with Gasteiger partial charge in [0.05, 0.1) is 5.39 Å². The van der Waals surface area contributed by atoms with Crippen molar-refractivity contribution in [2.45, 2.75) is 20.8 Å². The van der Waals surface area contributed by atoms with Gasteiger partial charge in [0.15, 0.2) is 5.43 Å². The molecule has 0 saturated carbocycles. The molecule has 0 bridgehead atoms. The van der Waals surface area contributed by atoms with Crippen molar-refractivity contribution in [3.05, 3.63) is 74.4 Å². The highest BCUT2D eigenvalue weighted by atomic mass is 32.1. The van der Waals surface area contributed by atoms with Gasteiger partial charge in [-0.25, -0.2) is 0 Å². The van der Waals surface area contributed by atoms with Crippen molar-refractivity contribution >= 4 is 33.3 Å². The summed E-state index contributed by atoms with van der Waals surface area (Å²) in [6.45, 7) is 8.59. The lowest BCUT2D eigenvalue weighted by Crippen LogP contribution is -2.48. The Labute approximate surface area is 195 Å². The van der Waals surface area contributed by atoms with E-state index in [4.69, 9.17) is 4.42 Å². The molecule has 168 valence electrons. The second kappa shape index (κ2) is 8.44. The number of carbonyl (C=O) groups excluding carboxylic acids is 1. The van der Waals surface area contributed by atoms with Gasteiger partial charge in [0.2, 0.25) is 5.13 Å². The van der Waals surface area contributed by atoms with Gasteiger partial charge in [-0.15, -0.1) is 10.2 Å². The molecule has 8 heteroatoms. The number of hydrogen-bond donors (Lipinski definition) is 0. The number of piperazine rings is 1. The molecule has 0 unspecified atom stereocenters. The van der Waals surface area contributed by atoms with Crippen molar-refractivity contribution < 1.29 is 9.21 Å². The molecule has 33 heavy (non-hydrogen) atoms. The molecule has 1 amide bonds. The molecule has 0 atom stereocenters. The molecule has 0 aliphatic carbocycles. The van der Waals surface area contributed by atoms with Crippen LogP contribution in [0.4, 0.5) is 5.13 Å². The average molecular weight is 461 g/mol. The van der Waals surface area contributed by atoms with E-state index in [0.29, 0.717) is 35.4 Å². The molecule has 0 radical (unpaired) electrons. The number of aromatic nitrogens is 2. The molecular weight excluding hydrogens is 436 g/mol. The summed E-state index contributed by atoms with van der Waals surface area (Å²) in [5.74, 6) is 0.500. The van der Waals surface area contributed by atoms with Gasteiger partial charge in [0, 0.05) is 43.4 Å². The Morgan fingerprint density at radius 1 is 0.970 bits per heavy atom. The van der Waals surface area contributed by atoms with Crippen LogP contribution in [0, 0.1) is 20.8 Å². The second-order valence-corrected chi connectivity index (χ2v) is 9.55. The fourth-order valence-electron chi connectivity index (χ4n) is 4.23. The predicted octanol–water partition coefficient (Wildman–Crippen LogP) is 4.20. The van der Waals surface area contributed by atoms with Gasteiger partial charge in [0.1, 0.15) is 16.4 Å². The van der Waals surface area contributed by atoms with Crippen LogP contribution in [0.25, 0.3) is 22.3 Å². The highest BCUT2D eigenvalue weighted by Crippen LogP contribution is 2.26. The van der Waals surface area contributed by atoms with Crippen LogP contribution in [0.2, 0.25) is 0 Å². The molecular formula is C25H24N4O3S. The predicted molar refractivity (Wildman–Crippen MR) is 130 cm³/mol. The van der Waals surface area contributed by atoms with E-state index in [0.717, 1.165) is 39.9 Å². The quantitative estimate of drug-likeness (QED) is 0.456. The number of aryl methyl sites for hydroxylation is 3. The van der Waals surface area contributed by atoms with Crippen LogP contribution in [0.5, 0.6) is 0 Å². The molecule has 4 aromatic rings. The maximum atomic E-state index is 13.0. The molecule has 2 aromatic heterocycles. The third-order valence-corrected chi connectivity index (χ3v) is 6.83. The Kier molecular flexibility index (Phi) is 5.46. The SMILES string of the molecule is Cc1cc(C)c2oc(-c3ccc(C(=O)N4CCN(c5nnc(C)s5)CC4)cc3)cc(=O)c2c1. The van der Waals surface area contributed by atoms with Gasteiger partial charge in [-0.1, -0.05) is 29.5 Å². The number of rotatable bonds is 3. The first-order chi connectivity index (χ1) is 15.9. The molecule has 2 aromatic carbocycles. The lowest BCUT2D eigenvalue weighted by molar-refractivity contribution is 0.0746. The molecule has 3 heterocycles. The van der Waals surface area contributed by atoms with Crippen LogP contribution in [0.1, 0.15) is 26.5 Å². The van der Waals surface area contributed by atoms with Crippen LogP contribution in [-0.4, -0.2) is 47.2 Å². The Hall–Kier alpha value is -3.52. The van der Waals surface area contributed by atoms with E-state index in [-0.39, 0.29) is 11.3 Å². The fourth-order valence-corrected chi connectivity index (χ4v) is 4.96. The van der Waals surface area contributed by atoms with E-state index >= 15 is 0 Å². The summed E-state index contributed by atoms with van der Waals surface area (Å²) in [4.78, 5) is 29.7. The van der Waals surface area contributed by atoms with Crippen LogP contribution in [-0.2, 0) is 0 Å². The number of fused-ring (bicyclic) bond motifs is 1. The lowest BCUT2D eigenvalue weighted by Gasteiger charge is -2.34. The van der Waals surface area contributed by atoms with Crippen molar-refractivity contribution in [3.63, 3.8) is 0 Å². The zero-order valence-electron chi connectivity index (χ0n) is 18.8. The van der Waals surface area contributed by atoms with E-state index in [1.54, 1.807) is 23.5 Å². The monoisotopic (exact) mass is 460 g/mol. The highest BCUT2D eigenvalue weighted by molar-refractivity contribution is 7.15. The minimum Gasteiger partial charge on any atom is -0.456 e. The molecule has 1 saturated heterocycles. The van der Waals surface area contributed by atoms with Crippen LogP contribution >= 0.6 is 11.3 Å². The Morgan fingerprint density at radius 3 is 2.36 bits per heavy atom. The summed E-state index contributed by atoms with van der Waals surface area (Å²) in [5, 5.41) is 10.7. The van der Waals surface area contributed by atoms with E-state index < -0.39 is 0 Å². The standard InChI is InChI=1S/C25H24N4O3S/c1-15-12-16(2)23-20(13-15)21(30)14-22(32-23)18-4-6-19(7-5-18)24(31)28-8-10-29(11-9-28)25-27-26-17(3)33-25/h4-7,12-14H,8-11H2,1-3H3. The van der Waals surface area contributed by atoms with Gasteiger partial charge in [-0.05, 0) is 50.1 Å². The Bertz CT molecular complexity index is 1400. The van der Waals surface area contributed by atoms with E-state index in [1.807, 2.05) is 49.9 Å². The molecule has 0 spiro atoms. The lowest BCUT2D eigenvalue weighted by atomic mass is 10.0. The van der Waals surface area contributed by atoms with Crippen LogP contribution < -0.4 is 10.3 Å². The van der Waals surface area contributed by atoms with Crippen LogP contribution in [0.3, 0.4) is 0 Å². The van der Waals surface area contributed by atoms with Gasteiger partial charge >= 0.3 is 0 Å². The topological polar surface area (TPSA) is 79.5 Å². The average Bonchev–Trinajstić information content (AvgIpc) is 3.25. The molecule has 7 nitrogen and oxygen atoms in total. The van der Waals surface area contributed by atoms with Gasteiger partial charge in [-0.3, -0.25) is 9.59 Å². The van der Waals surface area contributed by atoms with Crippen molar-refractivity contribution in [1.82, 2.24) is 15.1 Å². The van der Waals surface area contributed by atoms with Crippen molar-refractivity contribution in [2.75, 3.05) is 31.1 Å². The van der Waals surface area contributed by atoms with Gasteiger partial charge in [0.25, 0.3) is 5.91 Å². The number of benzene rings is 2. The molecule has 1 aliphatic rings. The number of carbonyl (C=O) groups is 1. The maximum absolute atomic E-state index is 13.0. The number of nitrogens with zero attached hydrogens (tertiary/aromatic N) is 4. The highest BCUT2D eigenvalue weighted by Gasteiger charge is 2.24. The van der Waals surface area contributed by atoms with E-state index in [1.165, 1.54) is 6.07 Å². The van der Waals surface area contributed by atoms with Crippen LogP contribution in [0.15, 0.2) is 51.7 Å². The largest absolute Gasteiger partial charge is 0.456 e. The third kappa shape index (κ3) is 4.14. The molecule has 5 rings (SSSR count). The zero-order chi connectivity index (χ0) is 23.1. The maximum Gasteiger partial charge on any atom is 0.253 e. The van der Waals surface area contributed by atoms with Crippen molar-refractivity contribution in [1.29, 1.82) is 0 Å². The number of hydrogen-bond acceptors (Lipinski definition) is 7. The van der Waals surface area contributed by atoms with Gasteiger partial charge < -0.3 is 14.2 Å². The summed E-state index contributed by atoms with van der Waals surface area (Å²) in [6.07, 6.45) is 0. The minimum atomic E-state index is -0.0679. The van der Waals surface area contributed by atoms with Gasteiger partial charge in [-0.2, -0.15) is 0 Å². The summed E-state index contributed by atoms with van der Waals surface area (Å²) >= 11 is 1.57. The number of amides is 1. The zero-order valence-corrected chi connectivity index (χ0v) is 19.6. The first-order valence-electron chi connectivity index (χ1n) is 10.9. The third-order valence-electron chi connectivity index (χ3n) is 5.93. The summed E-state index contributed by atoms with van der Waals surface area (Å²) in [6, 6.07) is 12.6. The van der Waals surface area contributed by atoms with Crippen molar-refractivity contribution in [3.8, 4) is 11.3 Å².